The van der Waals surface area contributed by atoms with Crippen LogP contribution >= 0.6 is 15.9 Å². The van der Waals surface area contributed by atoms with Crippen LogP contribution in [0.15, 0.2) is 27.2 Å². The second kappa shape index (κ2) is 7.39. The van der Waals surface area contributed by atoms with Gasteiger partial charge in [0.25, 0.3) is 0 Å². The first-order valence-corrected chi connectivity index (χ1v) is 9.47. The number of aromatic carboxylic acids is 1. The minimum atomic E-state index is -2.53. The van der Waals surface area contributed by atoms with E-state index >= 15 is 0 Å². The van der Waals surface area contributed by atoms with E-state index in [-0.39, 0.29) is 22.8 Å². The molecule has 1 heterocycles. The summed E-state index contributed by atoms with van der Waals surface area (Å²) in [6.07, 6.45) is 0.713. The van der Waals surface area contributed by atoms with Gasteiger partial charge in [0, 0.05) is 16.0 Å². The molecular weight excluding hydrogens is 430 g/mol. The molecule has 0 saturated heterocycles. The molecule has 2 atom stereocenters. The first-order chi connectivity index (χ1) is 12.3. The zero-order valence-corrected chi connectivity index (χ0v) is 15.9. The van der Waals surface area contributed by atoms with Crippen LogP contribution in [-0.4, -0.2) is 30.8 Å². The number of ketones is 1. The van der Waals surface area contributed by atoms with E-state index in [4.69, 9.17) is 13.3 Å². The van der Waals surface area contributed by atoms with Crippen molar-refractivity contribution >= 4 is 39.0 Å². The first-order valence-electron chi connectivity index (χ1n) is 7.64. The molecule has 1 fully saturated rings. The van der Waals surface area contributed by atoms with Gasteiger partial charge < -0.3 is 9.63 Å². The van der Waals surface area contributed by atoms with Crippen LogP contribution in [0.2, 0.25) is 0 Å². The van der Waals surface area contributed by atoms with Gasteiger partial charge in [-0.2, -0.15) is 4.21 Å². The summed E-state index contributed by atoms with van der Waals surface area (Å²) >= 11 is 0.758. The van der Waals surface area contributed by atoms with E-state index in [1.165, 1.54) is 13.0 Å². The third-order valence-electron chi connectivity index (χ3n) is 4.02. The highest BCUT2D eigenvalue weighted by Crippen LogP contribution is 2.43. The highest BCUT2D eigenvalue weighted by Gasteiger charge is 2.37. The fraction of sp³-hybridized carbons (Fsp3) is 0.312. The van der Waals surface area contributed by atoms with Gasteiger partial charge in [-0.15, -0.1) is 0 Å². The van der Waals surface area contributed by atoms with E-state index in [0.29, 0.717) is 10.0 Å². The maximum Gasteiger partial charge on any atom is 0.358 e. The quantitative estimate of drug-likeness (QED) is 0.491. The molecule has 0 bridgehead atoms. The molecule has 1 aromatic carbocycles. The van der Waals surface area contributed by atoms with Crippen LogP contribution in [0.1, 0.15) is 69.5 Å². The van der Waals surface area contributed by atoms with Crippen molar-refractivity contribution in [3.8, 4) is 0 Å². The molecular formula is C16H14BrNO7S. The highest BCUT2D eigenvalue weighted by atomic mass is 79.9. The number of aromatic nitrogens is 1. The number of carboxylic acids is 1. The summed E-state index contributed by atoms with van der Waals surface area (Å²) in [5.41, 5.74) is -0.0317. The lowest BCUT2D eigenvalue weighted by Gasteiger charge is -2.15. The van der Waals surface area contributed by atoms with Gasteiger partial charge in [-0.3, -0.25) is 13.5 Å². The largest absolute Gasteiger partial charge is 0.476 e. The molecule has 2 N–H and O–H groups in total. The minimum Gasteiger partial charge on any atom is -0.476 e. The van der Waals surface area contributed by atoms with Crippen molar-refractivity contribution in [3.63, 3.8) is 0 Å². The van der Waals surface area contributed by atoms with Crippen molar-refractivity contribution in [2.45, 2.75) is 31.8 Å². The third kappa shape index (κ3) is 3.78. The van der Waals surface area contributed by atoms with Crippen LogP contribution in [-0.2, 0) is 15.5 Å². The molecule has 0 radical (unpaired) electrons. The Morgan fingerprint density at radius 2 is 2.12 bits per heavy atom. The molecule has 26 heavy (non-hydrogen) atoms. The third-order valence-corrected chi connectivity index (χ3v) is 4.97. The number of halogens is 1. The summed E-state index contributed by atoms with van der Waals surface area (Å²) in [6, 6.07) is 4.69. The van der Waals surface area contributed by atoms with E-state index in [1.807, 2.05) is 0 Å². The minimum absolute atomic E-state index is 0.0212. The van der Waals surface area contributed by atoms with Gasteiger partial charge in [0.2, 0.25) is 5.69 Å². The Hall–Kier alpha value is -1.88. The lowest BCUT2D eigenvalue weighted by Crippen LogP contribution is -2.14. The standard InChI is InChI=1S/C16H14BrNO7S/c1-7(25-26(22)23)11-6-9(17)4-5-10(11)14(19)12-13(16(20)21)18-24-15(12)8-2-3-8/h4-8H,2-3H2,1H3,(H,20,21)(H,22,23). The normalized spacial score (nSPS) is 16.3. The lowest BCUT2D eigenvalue weighted by molar-refractivity contribution is 0.0682. The van der Waals surface area contributed by atoms with Crippen molar-refractivity contribution in [1.82, 2.24) is 5.16 Å². The Labute approximate surface area is 159 Å². The summed E-state index contributed by atoms with van der Waals surface area (Å²) in [5, 5.41) is 12.9. The molecule has 138 valence electrons. The van der Waals surface area contributed by atoms with E-state index in [9.17, 15) is 18.9 Å². The molecule has 1 saturated carbocycles. The number of carbonyl (C=O) groups excluding carboxylic acids is 1. The van der Waals surface area contributed by atoms with Crippen molar-refractivity contribution in [3.05, 3.63) is 50.8 Å². The number of rotatable bonds is 7. The molecule has 1 aliphatic rings. The maximum atomic E-state index is 13.1. The Morgan fingerprint density at radius 3 is 2.69 bits per heavy atom. The van der Waals surface area contributed by atoms with Crippen LogP contribution in [0.3, 0.4) is 0 Å². The van der Waals surface area contributed by atoms with Gasteiger partial charge in [0.05, 0.1) is 6.10 Å². The van der Waals surface area contributed by atoms with Crippen molar-refractivity contribution in [1.29, 1.82) is 0 Å². The second-order valence-electron chi connectivity index (χ2n) is 5.87. The van der Waals surface area contributed by atoms with E-state index in [1.54, 1.807) is 12.1 Å². The van der Waals surface area contributed by atoms with Gasteiger partial charge >= 0.3 is 17.3 Å². The van der Waals surface area contributed by atoms with Crippen molar-refractivity contribution in [2.24, 2.45) is 0 Å². The molecule has 2 unspecified atom stereocenters. The maximum absolute atomic E-state index is 13.1. The lowest BCUT2D eigenvalue weighted by atomic mass is 9.94. The number of carboxylic acid groups (broad SMARTS) is 1. The van der Waals surface area contributed by atoms with Gasteiger partial charge in [0.1, 0.15) is 5.56 Å². The predicted molar refractivity (Wildman–Crippen MR) is 93.3 cm³/mol. The smallest absolute Gasteiger partial charge is 0.358 e. The molecule has 8 nitrogen and oxygen atoms in total. The monoisotopic (exact) mass is 443 g/mol. The molecule has 0 spiro atoms. The molecule has 1 aromatic heterocycles. The topological polar surface area (TPSA) is 127 Å². The highest BCUT2D eigenvalue weighted by molar-refractivity contribution is 9.10. The number of carbonyl (C=O) groups is 2. The van der Waals surface area contributed by atoms with Crippen molar-refractivity contribution < 1.29 is 32.2 Å². The van der Waals surface area contributed by atoms with Crippen LogP contribution in [0.25, 0.3) is 0 Å². The van der Waals surface area contributed by atoms with Crippen LogP contribution in [0.5, 0.6) is 0 Å². The zero-order valence-electron chi connectivity index (χ0n) is 13.5. The summed E-state index contributed by atoms with van der Waals surface area (Å²) in [4.78, 5) is 24.6. The molecule has 10 heteroatoms. The fourth-order valence-corrected chi connectivity index (χ4v) is 3.41. The van der Waals surface area contributed by atoms with Crippen LogP contribution in [0, 0.1) is 0 Å². The van der Waals surface area contributed by atoms with Crippen LogP contribution in [0.4, 0.5) is 0 Å². The Bertz CT molecular complexity index is 906. The predicted octanol–water partition coefficient (Wildman–Crippen LogP) is 3.46. The second-order valence-corrected chi connectivity index (χ2v) is 7.41. The number of hydrogen-bond donors (Lipinski definition) is 2. The Balaban J connectivity index is 2.10. The van der Waals surface area contributed by atoms with Gasteiger partial charge in [-0.1, -0.05) is 21.1 Å². The van der Waals surface area contributed by atoms with Gasteiger partial charge in [-0.05, 0) is 43.5 Å². The fourth-order valence-electron chi connectivity index (χ4n) is 2.68. The molecule has 1 aliphatic carbocycles. The van der Waals surface area contributed by atoms with E-state index in [2.05, 4.69) is 21.1 Å². The SMILES string of the molecule is CC(OS(=O)O)c1cc(Br)ccc1C(=O)c1c(C(=O)O)noc1C1CC1. The summed E-state index contributed by atoms with van der Waals surface area (Å²) in [7, 11) is 0. The van der Waals surface area contributed by atoms with E-state index < -0.39 is 34.9 Å². The summed E-state index contributed by atoms with van der Waals surface area (Å²) < 4.78 is 30.6. The number of benzene rings is 1. The molecule has 2 aromatic rings. The Kier molecular flexibility index (Phi) is 5.37. The van der Waals surface area contributed by atoms with Crippen molar-refractivity contribution in [2.75, 3.05) is 0 Å². The molecule has 3 rings (SSSR count). The zero-order chi connectivity index (χ0) is 19.0. The Morgan fingerprint density at radius 1 is 1.42 bits per heavy atom. The van der Waals surface area contributed by atoms with Gasteiger partial charge in [-0.25, -0.2) is 4.79 Å². The summed E-state index contributed by atoms with van der Waals surface area (Å²) in [6.45, 7) is 1.51. The first kappa shape index (κ1) is 18.9. The number of hydrogen-bond acceptors (Lipinski definition) is 6. The molecule has 0 amide bonds. The van der Waals surface area contributed by atoms with Gasteiger partial charge in [0.15, 0.2) is 11.5 Å². The number of nitrogens with zero attached hydrogens (tertiary/aromatic N) is 1. The average Bonchev–Trinajstić information content (AvgIpc) is 3.31. The molecule has 0 aliphatic heterocycles. The van der Waals surface area contributed by atoms with Crippen LogP contribution < -0.4 is 0 Å². The average molecular weight is 444 g/mol. The van der Waals surface area contributed by atoms with E-state index in [0.717, 1.165) is 12.8 Å². The summed E-state index contributed by atoms with van der Waals surface area (Å²) in [5.74, 6) is -1.69.